The molecule has 1 fully saturated rings. The second kappa shape index (κ2) is 6.76. The number of hydrogen-bond acceptors (Lipinski definition) is 1. The number of carbonyl (C=O) groups is 1. The van der Waals surface area contributed by atoms with E-state index in [4.69, 9.17) is 11.6 Å². The third-order valence-corrected chi connectivity index (χ3v) is 4.98. The van der Waals surface area contributed by atoms with Crippen LogP contribution in [-0.2, 0) is 11.2 Å². The maximum absolute atomic E-state index is 12.7. The van der Waals surface area contributed by atoms with Crippen LogP contribution in [0.2, 0.25) is 5.02 Å². The number of ketones is 1. The molecule has 110 valence electrons. The van der Waals surface area contributed by atoms with Crippen LogP contribution in [0, 0.1) is 23.7 Å². The number of carbonyl (C=O) groups excluding carboxylic acids is 1. The molecular weight excluding hydrogens is 268 g/mol. The highest BCUT2D eigenvalue weighted by Crippen LogP contribution is 2.38. The van der Waals surface area contributed by atoms with Gasteiger partial charge in [0.05, 0.1) is 0 Å². The summed E-state index contributed by atoms with van der Waals surface area (Å²) in [5.41, 5.74) is 1.08. The van der Waals surface area contributed by atoms with Gasteiger partial charge in [-0.2, -0.15) is 0 Å². The van der Waals surface area contributed by atoms with E-state index in [1.807, 2.05) is 24.3 Å². The Labute approximate surface area is 127 Å². The van der Waals surface area contributed by atoms with Crippen molar-refractivity contribution < 1.29 is 4.79 Å². The second-order valence-electron chi connectivity index (χ2n) is 6.70. The van der Waals surface area contributed by atoms with Gasteiger partial charge in [-0.05, 0) is 48.3 Å². The summed E-state index contributed by atoms with van der Waals surface area (Å²) in [6.45, 7) is 6.78. The topological polar surface area (TPSA) is 17.1 Å². The molecule has 0 spiro atoms. The molecule has 2 heteroatoms. The van der Waals surface area contributed by atoms with Gasteiger partial charge in [-0.15, -0.1) is 0 Å². The van der Waals surface area contributed by atoms with Gasteiger partial charge in [-0.25, -0.2) is 0 Å². The van der Waals surface area contributed by atoms with Crippen molar-refractivity contribution in [2.45, 2.75) is 46.5 Å². The maximum atomic E-state index is 12.7. The van der Waals surface area contributed by atoms with Crippen molar-refractivity contribution in [1.82, 2.24) is 0 Å². The molecule has 3 atom stereocenters. The van der Waals surface area contributed by atoms with Crippen LogP contribution in [0.25, 0.3) is 0 Å². The van der Waals surface area contributed by atoms with Crippen molar-refractivity contribution >= 4 is 17.4 Å². The van der Waals surface area contributed by atoms with Crippen LogP contribution < -0.4 is 0 Å². The molecule has 0 saturated heterocycles. The Morgan fingerprint density at radius 1 is 1.25 bits per heavy atom. The van der Waals surface area contributed by atoms with E-state index in [1.54, 1.807) is 0 Å². The van der Waals surface area contributed by atoms with Gasteiger partial charge < -0.3 is 0 Å². The van der Waals surface area contributed by atoms with E-state index in [0.717, 1.165) is 17.0 Å². The zero-order valence-corrected chi connectivity index (χ0v) is 13.5. The Kier molecular flexibility index (Phi) is 5.26. The lowest BCUT2D eigenvalue weighted by Crippen LogP contribution is -2.34. The Balaban J connectivity index is 2.07. The van der Waals surface area contributed by atoms with E-state index < -0.39 is 0 Å². The lowest BCUT2D eigenvalue weighted by atomic mass is 9.68. The summed E-state index contributed by atoms with van der Waals surface area (Å²) in [7, 11) is 0. The summed E-state index contributed by atoms with van der Waals surface area (Å²) < 4.78 is 0. The Bertz CT molecular complexity index is 449. The average Bonchev–Trinajstić information content (AvgIpc) is 2.41. The van der Waals surface area contributed by atoms with Gasteiger partial charge in [0, 0.05) is 17.4 Å². The molecule has 1 aromatic rings. The summed E-state index contributed by atoms with van der Waals surface area (Å²) in [6.07, 6.45) is 4.09. The van der Waals surface area contributed by atoms with Crippen molar-refractivity contribution in [2.24, 2.45) is 23.7 Å². The fourth-order valence-corrected chi connectivity index (χ4v) is 3.63. The van der Waals surface area contributed by atoms with E-state index in [2.05, 4.69) is 20.8 Å². The Morgan fingerprint density at radius 3 is 2.50 bits per heavy atom. The Morgan fingerprint density at radius 2 is 1.90 bits per heavy atom. The lowest BCUT2D eigenvalue weighted by molar-refractivity contribution is -0.126. The molecule has 1 nitrogen and oxygen atoms in total. The molecule has 0 heterocycles. The van der Waals surface area contributed by atoms with Crippen molar-refractivity contribution in [3.8, 4) is 0 Å². The number of rotatable bonds is 4. The van der Waals surface area contributed by atoms with E-state index in [1.165, 1.54) is 12.8 Å². The third kappa shape index (κ3) is 3.85. The molecule has 1 aromatic carbocycles. The summed E-state index contributed by atoms with van der Waals surface area (Å²) in [4.78, 5) is 12.7. The van der Waals surface area contributed by atoms with Gasteiger partial charge in [-0.1, -0.05) is 50.9 Å². The smallest absolute Gasteiger partial charge is 0.140 e. The van der Waals surface area contributed by atoms with E-state index in [-0.39, 0.29) is 5.92 Å². The molecule has 1 aliphatic carbocycles. The van der Waals surface area contributed by atoms with Gasteiger partial charge in [-0.3, -0.25) is 4.79 Å². The molecule has 20 heavy (non-hydrogen) atoms. The van der Waals surface area contributed by atoms with Crippen molar-refractivity contribution in [3.05, 3.63) is 34.9 Å². The second-order valence-corrected chi connectivity index (χ2v) is 7.14. The predicted molar refractivity (Wildman–Crippen MR) is 85.0 cm³/mol. The molecular formula is C18H25ClO. The van der Waals surface area contributed by atoms with Gasteiger partial charge in [0.2, 0.25) is 0 Å². The standard InChI is InChI=1S/C18H25ClO/c1-12(2)16-9-4-13(3)10-17(16)18(20)11-14-5-7-15(19)8-6-14/h5-8,12-13,16-17H,4,9-11H2,1-3H3/t13-,16+,17-/m1/s1. The number of halogens is 1. The lowest BCUT2D eigenvalue weighted by Gasteiger charge is -2.36. The molecule has 1 saturated carbocycles. The van der Waals surface area contributed by atoms with Crippen LogP contribution in [-0.4, -0.2) is 5.78 Å². The molecule has 0 bridgehead atoms. The highest BCUT2D eigenvalue weighted by Gasteiger charge is 2.34. The van der Waals surface area contributed by atoms with Crippen molar-refractivity contribution in [2.75, 3.05) is 0 Å². The zero-order valence-electron chi connectivity index (χ0n) is 12.7. The first-order valence-electron chi connectivity index (χ1n) is 7.74. The first-order valence-corrected chi connectivity index (χ1v) is 8.12. The van der Waals surface area contributed by atoms with E-state index >= 15 is 0 Å². The normalized spacial score (nSPS) is 26.8. The van der Waals surface area contributed by atoms with Gasteiger partial charge >= 0.3 is 0 Å². The fourth-order valence-electron chi connectivity index (χ4n) is 3.51. The maximum Gasteiger partial charge on any atom is 0.140 e. The first-order chi connectivity index (χ1) is 9.47. The van der Waals surface area contributed by atoms with Crippen LogP contribution in [0.15, 0.2) is 24.3 Å². The van der Waals surface area contributed by atoms with Gasteiger partial charge in [0.1, 0.15) is 5.78 Å². The van der Waals surface area contributed by atoms with Crippen LogP contribution in [0.1, 0.15) is 45.6 Å². The van der Waals surface area contributed by atoms with Gasteiger partial charge in [0.25, 0.3) is 0 Å². The molecule has 1 aliphatic rings. The molecule has 0 unspecified atom stereocenters. The number of benzene rings is 1. The minimum absolute atomic E-state index is 0.245. The van der Waals surface area contributed by atoms with Crippen molar-refractivity contribution in [1.29, 1.82) is 0 Å². The van der Waals surface area contributed by atoms with Gasteiger partial charge in [0.15, 0.2) is 0 Å². The van der Waals surface area contributed by atoms with Crippen LogP contribution in [0.5, 0.6) is 0 Å². The highest BCUT2D eigenvalue weighted by atomic mass is 35.5. The minimum atomic E-state index is 0.245. The zero-order chi connectivity index (χ0) is 14.7. The van der Waals surface area contributed by atoms with Crippen LogP contribution >= 0.6 is 11.6 Å². The summed E-state index contributed by atoms with van der Waals surface area (Å²) in [6, 6.07) is 7.68. The molecule has 2 rings (SSSR count). The number of Topliss-reactive ketones (excluding diaryl/α,β-unsaturated/α-hetero) is 1. The fraction of sp³-hybridized carbons (Fsp3) is 0.611. The van der Waals surface area contributed by atoms with E-state index in [0.29, 0.717) is 30.0 Å². The van der Waals surface area contributed by atoms with Crippen LogP contribution in [0.3, 0.4) is 0 Å². The van der Waals surface area contributed by atoms with Crippen LogP contribution in [0.4, 0.5) is 0 Å². The molecule has 0 amide bonds. The number of hydrogen-bond donors (Lipinski definition) is 0. The Hall–Kier alpha value is -0.820. The predicted octanol–water partition coefficient (Wildman–Crippen LogP) is 5.16. The highest BCUT2D eigenvalue weighted by molar-refractivity contribution is 6.30. The monoisotopic (exact) mass is 292 g/mol. The quantitative estimate of drug-likeness (QED) is 0.749. The third-order valence-electron chi connectivity index (χ3n) is 4.73. The average molecular weight is 293 g/mol. The molecule has 0 aromatic heterocycles. The molecule has 0 radical (unpaired) electrons. The SMILES string of the molecule is CC(C)[C@@H]1CC[C@@H](C)C[C@H]1C(=O)Cc1ccc(Cl)cc1. The summed E-state index contributed by atoms with van der Waals surface area (Å²) >= 11 is 5.90. The summed E-state index contributed by atoms with van der Waals surface area (Å²) in [5, 5.41) is 0.729. The summed E-state index contributed by atoms with van der Waals surface area (Å²) in [5.74, 6) is 2.50. The molecule has 0 N–H and O–H groups in total. The first kappa shape index (κ1) is 15.6. The van der Waals surface area contributed by atoms with E-state index in [9.17, 15) is 4.79 Å². The largest absolute Gasteiger partial charge is 0.299 e. The van der Waals surface area contributed by atoms with Crippen molar-refractivity contribution in [3.63, 3.8) is 0 Å². The minimum Gasteiger partial charge on any atom is -0.299 e. The molecule has 0 aliphatic heterocycles.